The number of aryl methyl sites for hydroxylation is 1. The highest BCUT2D eigenvalue weighted by atomic mass is 127. The molecule has 1 unspecified atom stereocenters. The van der Waals surface area contributed by atoms with Gasteiger partial charge in [0.15, 0.2) is 0 Å². The molecule has 0 amide bonds. The summed E-state index contributed by atoms with van der Waals surface area (Å²) in [6.07, 6.45) is 5.15. The van der Waals surface area contributed by atoms with E-state index in [2.05, 4.69) is 94.1 Å². The van der Waals surface area contributed by atoms with Gasteiger partial charge < -0.3 is 15.5 Å². The molecule has 1 fully saturated rings. The normalized spacial score (nSPS) is 20.9. The molecule has 8 nitrogen and oxygen atoms in total. The van der Waals surface area contributed by atoms with Crippen LogP contribution in [0.5, 0.6) is 0 Å². The zero-order valence-electron chi connectivity index (χ0n) is 23.1. The van der Waals surface area contributed by atoms with Crippen LogP contribution < -0.4 is 10.6 Å². The predicted octanol–water partition coefficient (Wildman–Crippen LogP) is 5.18. The zero-order valence-corrected chi connectivity index (χ0v) is 25.3. The average molecular weight is 627 g/mol. The van der Waals surface area contributed by atoms with E-state index in [1.807, 2.05) is 31.1 Å². The van der Waals surface area contributed by atoms with Crippen LogP contribution in [0.15, 0.2) is 45.1 Å². The van der Waals surface area contributed by atoms with E-state index in [0.29, 0.717) is 5.92 Å². The lowest BCUT2D eigenvalue weighted by Gasteiger charge is -2.34. The number of pyridine rings is 1. The summed E-state index contributed by atoms with van der Waals surface area (Å²) < 4.78 is 3.07. The average Bonchev–Trinajstić information content (AvgIpc) is 3.23. The molecule has 0 aliphatic carbocycles. The van der Waals surface area contributed by atoms with Gasteiger partial charge >= 0.3 is 0 Å². The van der Waals surface area contributed by atoms with Crippen LogP contribution >= 0.6 is 22.6 Å². The smallest absolute Gasteiger partial charge is 0.203 e. The minimum Gasteiger partial charge on any atom is -0.343 e. The van der Waals surface area contributed by atoms with E-state index >= 15 is 0 Å². The van der Waals surface area contributed by atoms with Crippen LogP contribution in [0.4, 0.5) is 5.82 Å². The Morgan fingerprint density at radius 1 is 1.11 bits per heavy atom. The Morgan fingerprint density at radius 3 is 2.55 bits per heavy atom. The van der Waals surface area contributed by atoms with Crippen LogP contribution in [-0.2, 0) is 13.6 Å². The molecule has 9 heteroatoms. The number of allylic oxidation sites excluding steroid dienone is 1. The van der Waals surface area contributed by atoms with Crippen molar-refractivity contribution in [3.63, 3.8) is 0 Å². The first-order chi connectivity index (χ1) is 18.2. The number of anilines is 1. The summed E-state index contributed by atoms with van der Waals surface area (Å²) in [5.41, 5.74) is 5.68. The van der Waals surface area contributed by atoms with Gasteiger partial charge in [-0.15, -0.1) is 0 Å². The SMILES string of the molecule is CCCN1CCN(Cc2ccc(NC3(C)N=CC(I)=C(c4ccc5nn(C)c(C(C)C)c5c4)N3)nc2)CC1. The number of rotatable bonds is 8. The van der Waals surface area contributed by atoms with E-state index < -0.39 is 5.79 Å². The maximum Gasteiger partial charge on any atom is 0.203 e. The summed E-state index contributed by atoms with van der Waals surface area (Å²) in [7, 11) is 2.02. The first-order valence-electron chi connectivity index (χ1n) is 13.6. The molecular formula is C29H39IN8. The second kappa shape index (κ2) is 11.3. The van der Waals surface area contributed by atoms with Gasteiger partial charge in [0.2, 0.25) is 5.79 Å². The van der Waals surface area contributed by atoms with Crippen molar-refractivity contribution in [3.8, 4) is 0 Å². The van der Waals surface area contributed by atoms with Gasteiger partial charge in [-0.2, -0.15) is 5.10 Å². The van der Waals surface area contributed by atoms with Crippen LogP contribution in [0.1, 0.15) is 56.9 Å². The highest BCUT2D eigenvalue weighted by molar-refractivity contribution is 14.1. The van der Waals surface area contributed by atoms with Gasteiger partial charge in [-0.05, 0) is 77.7 Å². The Labute approximate surface area is 239 Å². The summed E-state index contributed by atoms with van der Waals surface area (Å²) in [4.78, 5) is 14.6. The van der Waals surface area contributed by atoms with Gasteiger partial charge in [0.25, 0.3) is 0 Å². The maximum absolute atomic E-state index is 4.78. The van der Waals surface area contributed by atoms with Crippen molar-refractivity contribution in [1.82, 2.24) is 29.9 Å². The van der Waals surface area contributed by atoms with Crippen molar-refractivity contribution in [2.75, 3.05) is 38.0 Å². The van der Waals surface area contributed by atoms with Gasteiger partial charge in [0.1, 0.15) is 5.82 Å². The molecule has 2 N–H and O–H groups in total. The van der Waals surface area contributed by atoms with Gasteiger partial charge in [0, 0.05) is 63.3 Å². The van der Waals surface area contributed by atoms with E-state index in [0.717, 1.165) is 58.9 Å². The second-order valence-electron chi connectivity index (χ2n) is 10.9. The standard InChI is InChI=1S/C29H39IN8/c1-6-11-37-12-14-38(15-13-37)19-21-7-10-26(31-17-21)33-29(4)32-18-24(30)27(34-29)22-8-9-25-23(16-22)28(20(2)3)36(5)35-25/h7-10,16-18,20,34H,6,11-15,19H2,1-5H3,(H,31,33). The molecule has 3 aromatic rings. The quantitative estimate of drug-likeness (QED) is 0.336. The highest BCUT2D eigenvalue weighted by Crippen LogP contribution is 2.32. The van der Waals surface area contributed by atoms with Crippen LogP contribution in [0, 0.1) is 0 Å². The molecule has 2 aromatic heterocycles. The number of nitrogens with one attached hydrogen (secondary N) is 2. The molecule has 202 valence electrons. The molecule has 2 aliphatic rings. The highest BCUT2D eigenvalue weighted by Gasteiger charge is 2.29. The third-order valence-corrected chi connectivity index (χ3v) is 8.18. The molecule has 38 heavy (non-hydrogen) atoms. The Kier molecular flexibility index (Phi) is 8.06. The molecule has 0 spiro atoms. The van der Waals surface area contributed by atoms with Crippen LogP contribution in [-0.4, -0.2) is 69.3 Å². The number of hydrogen-bond acceptors (Lipinski definition) is 7. The number of piperazine rings is 1. The number of benzene rings is 1. The van der Waals surface area contributed by atoms with Crippen molar-refractivity contribution in [2.45, 2.75) is 52.4 Å². The summed E-state index contributed by atoms with van der Waals surface area (Å²) in [6, 6.07) is 10.7. The molecule has 0 bridgehead atoms. The second-order valence-corrected chi connectivity index (χ2v) is 12.0. The first kappa shape index (κ1) is 27.1. The van der Waals surface area contributed by atoms with Crippen LogP contribution in [0.2, 0.25) is 0 Å². The summed E-state index contributed by atoms with van der Waals surface area (Å²) in [6.45, 7) is 15.4. The van der Waals surface area contributed by atoms with Crippen molar-refractivity contribution in [1.29, 1.82) is 0 Å². The zero-order chi connectivity index (χ0) is 26.9. The van der Waals surface area contributed by atoms with E-state index in [-0.39, 0.29) is 0 Å². The number of aliphatic imine (C=N–C) groups is 1. The Hall–Kier alpha value is -2.50. The number of aromatic nitrogens is 3. The lowest BCUT2D eigenvalue weighted by Crippen LogP contribution is -2.48. The summed E-state index contributed by atoms with van der Waals surface area (Å²) >= 11 is 2.35. The predicted molar refractivity (Wildman–Crippen MR) is 166 cm³/mol. The third-order valence-electron chi connectivity index (χ3n) is 7.36. The molecule has 1 aromatic carbocycles. The van der Waals surface area contributed by atoms with E-state index in [4.69, 9.17) is 15.1 Å². The molecule has 4 heterocycles. The molecule has 0 radical (unpaired) electrons. The van der Waals surface area contributed by atoms with Crippen LogP contribution in [0.25, 0.3) is 16.6 Å². The molecule has 0 saturated carbocycles. The minimum absolute atomic E-state index is 0.390. The lowest BCUT2D eigenvalue weighted by atomic mass is 10.0. The fourth-order valence-corrected chi connectivity index (χ4v) is 6.09. The molecule has 1 atom stereocenters. The Bertz CT molecular complexity index is 1330. The van der Waals surface area contributed by atoms with Crippen molar-refractivity contribution in [3.05, 3.63) is 56.9 Å². The molecule has 2 aliphatic heterocycles. The Balaban J connectivity index is 1.27. The number of fused-ring (bicyclic) bond motifs is 1. The van der Waals surface area contributed by atoms with E-state index in [1.165, 1.54) is 29.6 Å². The van der Waals surface area contributed by atoms with Crippen molar-refractivity contribution < 1.29 is 0 Å². The molecule has 1 saturated heterocycles. The van der Waals surface area contributed by atoms with Crippen molar-refractivity contribution >= 4 is 51.2 Å². The van der Waals surface area contributed by atoms with Crippen molar-refractivity contribution in [2.24, 2.45) is 12.0 Å². The summed E-state index contributed by atoms with van der Waals surface area (Å²) in [5.74, 6) is 0.481. The monoisotopic (exact) mass is 626 g/mol. The van der Waals surface area contributed by atoms with Gasteiger partial charge in [0.05, 0.1) is 14.8 Å². The maximum atomic E-state index is 4.78. The minimum atomic E-state index is -0.709. The van der Waals surface area contributed by atoms with Crippen LogP contribution in [0.3, 0.4) is 0 Å². The molecule has 5 rings (SSSR count). The van der Waals surface area contributed by atoms with Gasteiger partial charge in [-0.3, -0.25) is 9.58 Å². The fraction of sp³-hybridized carbons (Fsp3) is 0.483. The first-order valence-corrected chi connectivity index (χ1v) is 14.7. The number of nitrogens with zero attached hydrogens (tertiary/aromatic N) is 6. The largest absolute Gasteiger partial charge is 0.343 e. The van der Waals surface area contributed by atoms with Gasteiger partial charge in [-0.25, -0.2) is 9.98 Å². The van der Waals surface area contributed by atoms with Gasteiger partial charge in [-0.1, -0.05) is 32.9 Å². The fourth-order valence-electron chi connectivity index (χ4n) is 5.50. The number of halogens is 1. The Morgan fingerprint density at radius 2 is 1.87 bits per heavy atom. The third kappa shape index (κ3) is 5.89. The lowest BCUT2D eigenvalue weighted by molar-refractivity contribution is 0.127. The van der Waals surface area contributed by atoms with E-state index in [1.54, 1.807) is 0 Å². The summed E-state index contributed by atoms with van der Waals surface area (Å²) in [5, 5.41) is 13.0. The topological polar surface area (TPSA) is 73.6 Å². The number of hydrogen-bond donors (Lipinski definition) is 2. The molecular weight excluding hydrogens is 587 g/mol. The van der Waals surface area contributed by atoms with E-state index in [9.17, 15) is 0 Å².